The van der Waals surface area contributed by atoms with Gasteiger partial charge < -0.3 is 10.1 Å². The highest BCUT2D eigenvalue weighted by Crippen LogP contribution is 2.31. The van der Waals surface area contributed by atoms with Gasteiger partial charge in [0.25, 0.3) is 11.7 Å². The number of carbonyl (C=O) groups excluding carboxylic acids is 1. The average molecular weight is 271 g/mol. The van der Waals surface area contributed by atoms with Crippen molar-refractivity contribution in [1.82, 2.24) is 4.98 Å². The van der Waals surface area contributed by atoms with Crippen LogP contribution in [-0.4, -0.2) is 15.1 Å². The molecule has 0 aromatic carbocycles. The van der Waals surface area contributed by atoms with Crippen LogP contribution >= 0.6 is 23.2 Å². The van der Waals surface area contributed by atoms with Gasteiger partial charge in [-0.3, -0.25) is 4.79 Å². The fraction of sp³-hybridized carbons (Fsp3) is 0.143. The maximum Gasteiger partial charge on any atom is 0.377 e. The minimum Gasteiger partial charge on any atom is -0.358 e. The Bertz CT molecular complexity index is 467. The van der Waals surface area contributed by atoms with E-state index in [1.54, 1.807) is 0 Å². The second-order valence-electron chi connectivity index (χ2n) is 2.56. The molecule has 0 atom stereocenters. The summed E-state index contributed by atoms with van der Waals surface area (Å²) >= 11 is 10.3. The van der Waals surface area contributed by atoms with Crippen LogP contribution in [-0.2, 0) is 0 Å². The van der Waals surface area contributed by atoms with Gasteiger partial charge in [-0.15, -0.1) is 0 Å². The van der Waals surface area contributed by atoms with E-state index in [-0.39, 0.29) is 0 Å². The molecule has 86 valence electrons. The SMILES string of the molecule is O=C(Cl)c1c(C(F)F)cc(Cl)nc1[N+](=O)[O-]. The normalized spacial score (nSPS) is 10.6. The summed E-state index contributed by atoms with van der Waals surface area (Å²) in [6.45, 7) is 0. The lowest BCUT2D eigenvalue weighted by Crippen LogP contribution is -2.06. The molecule has 0 aliphatic heterocycles. The predicted molar refractivity (Wildman–Crippen MR) is 51.0 cm³/mol. The van der Waals surface area contributed by atoms with Crippen LogP contribution in [0.4, 0.5) is 14.6 Å². The summed E-state index contributed by atoms with van der Waals surface area (Å²) in [7, 11) is 0. The van der Waals surface area contributed by atoms with Crippen molar-refractivity contribution < 1.29 is 18.5 Å². The molecule has 0 bridgehead atoms. The van der Waals surface area contributed by atoms with Gasteiger partial charge >= 0.3 is 5.82 Å². The molecule has 0 saturated heterocycles. The average Bonchev–Trinajstić information content (AvgIpc) is 2.15. The lowest BCUT2D eigenvalue weighted by atomic mass is 10.1. The summed E-state index contributed by atoms with van der Waals surface area (Å²) in [5.74, 6) is -1.08. The van der Waals surface area contributed by atoms with Gasteiger partial charge in [-0.05, 0) is 33.1 Å². The first-order valence-electron chi connectivity index (χ1n) is 3.67. The molecular weight excluding hydrogens is 269 g/mol. The van der Waals surface area contributed by atoms with E-state index in [1.807, 2.05) is 0 Å². The molecule has 5 nitrogen and oxygen atoms in total. The molecule has 1 aromatic heterocycles. The van der Waals surface area contributed by atoms with Crippen molar-refractivity contribution in [2.45, 2.75) is 6.43 Å². The summed E-state index contributed by atoms with van der Waals surface area (Å²) in [5.41, 5.74) is -1.85. The van der Waals surface area contributed by atoms with Crippen LogP contribution in [0.5, 0.6) is 0 Å². The molecule has 0 fully saturated rings. The second-order valence-corrected chi connectivity index (χ2v) is 3.29. The molecule has 9 heteroatoms. The van der Waals surface area contributed by atoms with Gasteiger partial charge in [0.1, 0.15) is 5.56 Å². The first kappa shape index (κ1) is 12.7. The Morgan fingerprint density at radius 3 is 2.50 bits per heavy atom. The number of nitro groups is 1. The molecule has 0 spiro atoms. The first-order chi connectivity index (χ1) is 7.34. The van der Waals surface area contributed by atoms with Crippen LogP contribution < -0.4 is 0 Å². The second kappa shape index (κ2) is 4.67. The van der Waals surface area contributed by atoms with Gasteiger partial charge in [-0.1, -0.05) is 0 Å². The van der Waals surface area contributed by atoms with Crippen molar-refractivity contribution in [1.29, 1.82) is 0 Å². The van der Waals surface area contributed by atoms with Gasteiger partial charge in [0.2, 0.25) is 5.15 Å². The summed E-state index contributed by atoms with van der Waals surface area (Å²) in [5, 5.41) is 8.59. The third kappa shape index (κ3) is 2.42. The van der Waals surface area contributed by atoms with E-state index in [9.17, 15) is 23.7 Å². The third-order valence-electron chi connectivity index (χ3n) is 1.60. The van der Waals surface area contributed by atoms with Gasteiger partial charge in [0, 0.05) is 11.6 Å². The molecule has 0 aliphatic rings. The van der Waals surface area contributed by atoms with Gasteiger partial charge in [0.15, 0.2) is 0 Å². The molecule has 0 aliphatic carbocycles. The van der Waals surface area contributed by atoms with E-state index in [0.717, 1.165) is 0 Å². The molecule has 0 amide bonds. The number of hydrogen-bond acceptors (Lipinski definition) is 4. The van der Waals surface area contributed by atoms with Crippen LogP contribution in [0.15, 0.2) is 6.07 Å². The zero-order valence-corrected chi connectivity index (χ0v) is 8.80. The van der Waals surface area contributed by atoms with E-state index in [1.165, 1.54) is 0 Å². The van der Waals surface area contributed by atoms with Crippen LogP contribution in [0.2, 0.25) is 5.15 Å². The molecule has 1 aromatic rings. The smallest absolute Gasteiger partial charge is 0.358 e. The predicted octanol–water partition coefficient (Wildman–Crippen LogP) is 2.96. The molecular formula is C7H2Cl2F2N2O3. The van der Waals surface area contributed by atoms with Crippen molar-refractivity contribution in [3.8, 4) is 0 Å². The number of carbonyl (C=O) groups is 1. The van der Waals surface area contributed by atoms with Crippen LogP contribution in [0, 0.1) is 10.1 Å². The summed E-state index contributed by atoms with van der Waals surface area (Å²) in [6, 6.07) is 0.662. The lowest BCUT2D eigenvalue weighted by Gasteiger charge is -2.04. The van der Waals surface area contributed by atoms with Crippen molar-refractivity contribution in [2.24, 2.45) is 0 Å². The van der Waals surface area contributed by atoms with Crippen molar-refractivity contribution >= 4 is 34.3 Å². The molecule has 16 heavy (non-hydrogen) atoms. The van der Waals surface area contributed by atoms with E-state index in [0.29, 0.717) is 6.07 Å². The number of nitrogens with zero attached hydrogens (tertiary/aromatic N) is 2. The van der Waals surface area contributed by atoms with Gasteiger partial charge in [-0.25, -0.2) is 8.78 Å². The van der Waals surface area contributed by atoms with E-state index in [4.69, 9.17) is 23.2 Å². The fourth-order valence-corrected chi connectivity index (χ4v) is 1.42. The highest BCUT2D eigenvalue weighted by molar-refractivity contribution is 6.68. The monoisotopic (exact) mass is 270 g/mol. The molecule has 0 N–H and O–H groups in total. The Morgan fingerprint density at radius 2 is 2.12 bits per heavy atom. The topological polar surface area (TPSA) is 73.1 Å². The van der Waals surface area contributed by atoms with Crippen molar-refractivity contribution in [2.75, 3.05) is 0 Å². The number of aromatic nitrogens is 1. The number of rotatable bonds is 3. The summed E-state index contributed by atoms with van der Waals surface area (Å²) in [6.07, 6.45) is -3.11. The molecule has 1 rings (SSSR count). The first-order valence-corrected chi connectivity index (χ1v) is 4.43. The van der Waals surface area contributed by atoms with E-state index < -0.39 is 38.7 Å². The van der Waals surface area contributed by atoms with E-state index >= 15 is 0 Å². The highest BCUT2D eigenvalue weighted by atomic mass is 35.5. The molecule has 0 unspecified atom stereocenters. The Labute approximate surface area is 97.1 Å². The quantitative estimate of drug-likeness (QED) is 0.366. The van der Waals surface area contributed by atoms with Crippen LogP contribution in [0.25, 0.3) is 0 Å². The Morgan fingerprint density at radius 1 is 1.56 bits per heavy atom. The van der Waals surface area contributed by atoms with Gasteiger partial charge in [-0.2, -0.15) is 0 Å². The summed E-state index contributed by atoms with van der Waals surface area (Å²) < 4.78 is 25.0. The van der Waals surface area contributed by atoms with Gasteiger partial charge in [0.05, 0.1) is 0 Å². The van der Waals surface area contributed by atoms with Crippen LogP contribution in [0.3, 0.4) is 0 Å². The number of alkyl halides is 2. The maximum atomic E-state index is 12.5. The third-order valence-corrected chi connectivity index (χ3v) is 1.99. The Balaban J connectivity index is 3.60. The zero-order chi connectivity index (χ0) is 12.5. The lowest BCUT2D eigenvalue weighted by molar-refractivity contribution is -0.389. The number of halogens is 4. The number of hydrogen-bond donors (Lipinski definition) is 0. The van der Waals surface area contributed by atoms with Crippen molar-refractivity contribution in [3.63, 3.8) is 0 Å². The van der Waals surface area contributed by atoms with Crippen LogP contribution in [0.1, 0.15) is 22.3 Å². The minimum atomic E-state index is -3.11. The summed E-state index contributed by atoms with van der Waals surface area (Å²) in [4.78, 5) is 23.4. The van der Waals surface area contributed by atoms with E-state index in [2.05, 4.69) is 4.98 Å². The Hall–Kier alpha value is -1.34. The highest BCUT2D eigenvalue weighted by Gasteiger charge is 2.30. The largest absolute Gasteiger partial charge is 0.377 e. The molecule has 0 saturated carbocycles. The zero-order valence-electron chi connectivity index (χ0n) is 7.29. The maximum absolute atomic E-state index is 12.5. The van der Waals surface area contributed by atoms with Crippen molar-refractivity contribution in [3.05, 3.63) is 32.5 Å². The standard InChI is InChI=1S/C7H2Cl2F2N2O3/c8-3-1-2(6(10)11)4(5(9)14)7(12-3)13(15)16/h1,6H. The molecule has 1 heterocycles. The molecule has 0 radical (unpaired) electrons. The Kier molecular flexibility index (Phi) is 3.71. The fourth-order valence-electron chi connectivity index (χ4n) is 1.02. The minimum absolute atomic E-state index is 0.510. The number of pyridine rings is 1.